The van der Waals surface area contributed by atoms with E-state index in [0.29, 0.717) is 18.9 Å². The van der Waals surface area contributed by atoms with Gasteiger partial charge in [0.1, 0.15) is 5.75 Å². The van der Waals surface area contributed by atoms with Crippen LogP contribution in [0.5, 0.6) is 5.75 Å². The molecule has 1 aliphatic heterocycles. The number of methoxy groups -OCH3 is 2. The quantitative estimate of drug-likeness (QED) is 0.796. The van der Waals surface area contributed by atoms with Crippen LogP contribution in [0.25, 0.3) is 5.69 Å². The number of nitrogens with zero attached hydrogens (tertiary/aromatic N) is 3. The fourth-order valence-corrected chi connectivity index (χ4v) is 2.87. The van der Waals surface area contributed by atoms with Crippen LogP contribution in [0.3, 0.4) is 0 Å². The molecule has 2 heterocycles. The van der Waals surface area contributed by atoms with E-state index in [4.69, 9.17) is 14.2 Å². The van der Waals surface area contributed by atoms with Crippen molar-refractivity contribution in [3.05, 3.63) is 35.7 Å². The molecule has 0 saturated carbocycles. The largest absolute Gasteiger partial charge is 0.497 e. The van der Waals surface area contributed by atoms with E-state index >= 15 is 0 Å². The number of hydrogen-bond acceptors (Lipinski definition) is 6. The zero-order chi connectivity index (χ0) is 17.1. The van der Waals surface area contributed by atoms with Crippen molar-refractivity contribution >= 4 is 11.7 Å². The summed E-state index contributed by atoms with van der Waals surface area (Å²) in [7, 11) is 2.99. The number of morpholine rings is 1. The standard InChI is InChI=1S/C17H21N3O4/c1-12-16(19-8-10-24-11-9-19)15(17(21)23-3)18-20(12)13-4-6-14(22-2)7-5-13/h4-7H,8-11H2,1-3H3. The highest BCUT2D eigenvalue weighted by Crippen LogP contribution is 2.29. The zero-order valence-corrected chi connectivity index (χ0v) is 14.1. The number of benzene rings is 1. The van der Waals surface area contributed by atoms with Gasteiger partial charge in [0.15, 0.2) is 5.69 Å². The van der Waals surface area contributed by atoms with E-state index < -0.39 is 5.97 Å². The van der Waals surface area contributed by atoms with Gasteiger partial charge in [-0.1, -0.05) is 0 Å². The lowest BCUT2D eigenvalue weighted by atomic mass is 10.2. The molecule has 2 aromatic rings. The Morgan fingerprint density at radius 1 is 1.17 bits per heavy atom. The van der Waals surface area contributed by atoms with Crippen LogP contribution in [0.1, 0.15) is 16.2 Å². The van der Waals surface area contributed by atoms with E-state index in [9.17, 15) is 4.79 Å². The first-order valence-corrected chi connectivity index (χ1v) is 7.80. The minimum atomic E-state index is -0.438. The van der Waals surface area contributed by atoms with E-state index in [0.717, 1.165) is 35.9 Å². The van der Waals surface area contributed by atoms with Crippen LogP contribution in [0.2, 0.25) is 0 Å². The van der Waals surface area contributed by atoms with Gasteiger partial charge < -0.3 is 19.1 Å². The molecule has 0 spiro atoms. The third kappa shape index (κ3) is 2.94. The number of carbonyl (C=O) groups excluding carboxylic acids is 1. The van der Waals surface area contributed by atoms with E-state index in [1.165, 1.54) is 7.11 Å². The fourth-order valence-electron chi connectivity index (χ4n) is 2.87. The maximum Gasteiger partial charge on any atom is 0.360 e. The molecule has 1 aromatic carbocycles. The Hall–Kier alpha value is -2.54. The normalized spacial score (nSPS) is 14.5. The van der Waals surface area contributed by atoms with Gasteiger partial charge >= 0.3 is 5.97 Å². The van der Waals surface area contributed by atoms with Crippen molar-refractivity contribution in [1.82, 2.24) is 9.78 Å². The first-order valence-electron chi connectivity index (χ1n) is 7.80. The lowest BCUT2D eigenvalue weighted by Gasteiger charge is -2.29. The van der Waals surface area contributed by atoms with E-state index in [2.05, 4.69) is 10.00 Å². The smallest absolute Gasteiger partial charge is 0.360 e. The van der Waals surface area contributed by atoms with E-state index in [1.807, 2.05) is 31.2 Å². The van der Waals surface area contributed by atoms with E-state index in [-0.39, 0.29) is 0 Å². The second-order valence-corrected chi connectivity index (χ2v) is 5.48. The summed E-state index contributed by atoms with van der Waals surface area (Å²) < 4.78 is 17.3. The van der Waals surface area contributed by atoms with E-state index in [1.54, 1.807) is 11.8 Å². The van der Waals surface area contributed by atoms with Crippen molar-refractivity contribution in [2.45, 2.75) is 6.92 Å². The molecule has 0 radical (unpaired) electrons. The first kappa shape index (κ1) is 16.3. The number of carbonyl (C=O) groups is 1. The van der Waals surface area contributed by atoms with Crippen LogP contribution >= 0.6 is 0 Å². The molecular weight excluding hydrogens is 310 g/mol. The predicted molar refractivity (Wildman–Crippen MR) is 89.2 cm³/mol. The molecule has 7 heteroatoms. The van der Waals surface area contributed by atoms with Gasteiger partial charge in [-0.05, 0) is 31.2 Å². The molecule has 0 atom stereocenters. The zero-order valence-electron chi connectivity index (χ0n) is 14.1. The summed E-state index contributed by atoms with van der Waals surface area (Å²) in [6, 6.07) is 7.54. The fraction of sp³-hybridized carbons (Fsp3) is 0.412. The summed E-state index contributed by atoms with van der Waals surface area (Å²) in [5.41, 5.74) is 2.88. The van der Waals surface area contributed by atoms with Gasteiger partial charge in [0.25, 0.3) is 0 Å². The van der Waals surface area contributed by atoms with Crippen molar-refractivity contribution in [2.75, 3.05) is 45.4 Å². The Morgan fingerprint density at radius 2 is 1.83 bits per heavy atom. The summed E-state index contributed by atoms with van der Waals surface area (Å²) in [4.78, 5) is 14.3. The second-order valence-electron chi connectivity index (χ2n) is 5.48. The van der Waals surface area contributed by atoms with Crippen LogP contribution in [-0.4, -0.2) is 56.3 Å². The van der Waals surface area contributed by atoms with Crippen LogP contribution in [0.15, 0.2) is 24.3 Å². The lowest BCUT2D eigenvalue weighted by Crippen LogP contribution is -2.37. The maximum absolute atomic E-state index is 12.2. The van der Waals surface area contributed by atoms with Crippen molar-refractivity contribution in [2.24, 2.45) is 0 Å². The molecule has 1 aromatic heterocycles. The van der Waals surface area contributed by atoms with Gasteiger partial charge in [0, 0.05) is 13.1 Å². The summed E-state index contributed by atoms with van der Waals surface area (Å²) in [5.74, 6) is 0.331. The van der Waals surface area contributed by atoms with Crippen LogP contribution < -0.4 is 9.64 Å². The lowest BCUT2D eigenvalue weighted by molar-refractivity contribution is 0.0593. The van der Waals surface area contributed by atoms with Crippen LogP contribution in [0.4, 0.5) is 5.69 Å². The summed E-state index contributed by atoms with van der Waals surface area (Å²) >= 11 is 0. The molecule has 0 unspecified atom stereocenters. The molecule has 24 heavy (non-hydrogen) atoms. The molecule has 0 bridgehead atoms. The monoisotopic (exact) mass is 331 g/mol. The van der Waals surface area contributed by atoms with Crippen LogP contribution in [-0.2, 0) is 9.47 Å². The average molecular weight is 331 g/mol. The highest BCUT2D eigenvalue weighted by molar-refractivity contribution is 5.94. The molecular formula is C17H21N3O4. The summed E-state index contributed by atoms with van der Waals surface area (Å²) in [6.07, 6.45) is 0. The van der Waals surface area contributed by atoms with Gasteiger partial charge in [0.2, 0.25) is 0 Å². The molecule has 3 rings (SSSR count). The van der Waals surface area contributed by atoms with Crippen molar-refractivity contribution in [3.8, 4) is 11.4 Å². The summed E-state index contributed by atoms with van der Waals surface area (Å²) in [5, 5.41) is 4.50. The molecule has 0 aliphatic carbocycles. The molecule has 7 nitrogen and oxygen atoms in total. The van der Waals surface area contributed by atoms with Gasteiger partial charge in [-0.3, -0.25) is 0 Å². The van der Waals surface area contributed by atoms with Gasteiger partial charge in [-0.15, -0.1) is 0 Å². The number of anilines is 1. The average Bonchev–Trinajstić information content (AvgIpc) is 2.99. The minimum Gasteiger partial charge on any atom is -0.497 e. The highest BCUT2D eigenvalue weighted by atomic mass is 16.5. The topological polar surface area (TPSA) is 65.8 Å². The maximum atomic E-state index is 12.2. The Balaban J connectivity index is 2.06. The molecule has 1 saturated heterocycles. The molecule has 0 N–H and O–H groups in total. The SMILES string of the molecule is COC(=O)c1nn(-c2ccc(OC)cc2)c(C)c1N1CCOCC1. The Kier molecular flexibility index (Phi) is 4.71. The summed E-state index contributed by atoms with van der Waals surface area (Å²) in [6.45, 7) is 4.66. The van der Waals surface area contributed by atoms with Gasteiger partial charge in [0.05, 0.1) is 44.5 Å². The number of hydrogen-bond donors (Lipinski definition) is 0. The van der Waals surface area contributed by atoms with Crippen molar-refractivity contribution in [3.63, 3.8) is 0 Å². The molecule has 1 aliphatic rings. The second kappa shape index (κ2) is 6.92. The minimum absolute atomic E-state index is 0.327. The number of esters is 1. The highest BCUT2D eigenvalue weighted by Gasteiger charge is 2.27. The Labute approximate surface area is 140 Å². The van der Waals surface area contributed by atoms with Crippen molar-refractivity contribution < 1.29 is 19.0 Å². The number of aromatic nitrogens is 2. The molecule has 0 amide bonds. The van der Waals surface area contributed by atoms with Crippen LogP contribution in [0, 0.1) is 6.92 Å². The van der Waals surface area contributed by atoms with Gasteiger partial charge in [-0.25, -0.2) is 9.48 Å². The third-order valence-corrected chi connectivity index (χ3v) is 4.11. The van der Waals surface area contributed by atoms with Gasteiger partial charge in [-0.2, -0.15) is 5.10 Å². The predicted octanol–water partition coefficient (Wildman–Crippen LogP) is 1.81. The number of rotatable bonds is 4. The first-order chi connectivity index (χ1) is 11.7. The Bertz CT molecular complexity index is 718. The van der Waals surface area contributed by atoms with Crippen molar-refractivity contribution in [1.29, 1.82) is 0 Å². The molecule has 1 fully saturated rings. The number of ether oxygens (including phenoxy) is 3. The third-order valence-electron chi connectivity index (χ3n) is 4.11. The Morgan fingerprint density at radius 3 is 2.42 bits per heavy atom. The molecule has 128 valence electrons.